The van der Waals surface area contributed by atoms with Gasteiger partial charge in [0.15, 0.2) is 0 Å². The van der Waals surface area contributed by atoms with Crippen molar-refractivity contribution in [2.75, 3.05) is 26.7 Å². The van der Waals surface area contributed by atoms with Crippen LogP contribution >= 0.6 is 0 Å². The summed E-state index contributed by atoms with van der Waals surface area (Å²) in [6.45, 7) is 6.89. The monoisotopic (exact) mass is 741 g/mol. The lowest BCUT2D eigenvalue weighted by Gasteiger charge is -2.41. The molecule has 1 saturated heterocycles. The van der Waals surface area contributed by atoms with Gasteiger partial charge in [-0.25, -0.2) is 9.80 Å². The van der Waals surface area contributed by atoms with Crippen molar-refractivity contribution in [3.05, 3.63) is 65.2 Å². The van der Waals surface area contributed by atoms with Crippen molar-refractivity contribution in [3.63, 3.8) is 0 Å². The van der Waals surface area contributed by atoms with Gasteiger partial charge in [0, 0.05) is 33.0 Å². The molecule has 4 rings (SSSR count). The summed E-state index contributed by atoms with van der Waals surface area (Å²) in [5.41, 5.74) is -5.59. The van der Waals surface area contributed by atoms with Crippen molar-refractivity contribution in [2.45, 2.75) is 83.4 Å². The molecule has 2 N–H and O–H groups in total. The molecule has 2 aromatic carbocycles. The van der Waals surface area contributed by atoms with Gasteiger partial charge in [0.05, 0.1) is 23.4 Å². The predicted molar refractivity (Wildman–Crippen MR) is 176 cm³/mol. The molecule has 0 aromatic heterocycles. The summed E-state index contributed by atoms with van der Waals surface area (Å²) in [6, 6.07) is 8.39. The third-order valence-corrected chi connectivity index (χ3v) is 8.49. The second-order valence-corrected chi connectivity index (χ2v) is 14.3. The summed E-state index contributed by atoms with van der Waals surface area (Å²) in [4.78, 5) is 55.3. The SMILES string of the molecule is CN1N=C2CCN(C(=O)C(CCOc3cc(C(F)(F)F)cc(C(F)(F)F)c3)NC(=O)C(C)(C)NC(=O)OC(C)(C)C)C[C@@]2(Cc2ccccc2)C1=O. The lowest BCUT2D eigenvalue weighted by atomic mass is 9.73. The molecular formula is C35H41F6N5O6. The zero-order valence-corrected chi connectivity index (χ0v) is 29.5. The largest absolute Gasteiger partial charge is 0.493 e. The van der Waals surface area contributed by atoms with Crippen LogP contribution in [0.1, 0.15) is 64.2 Å². The molecule has 2 atom stereocenters. The molecule has 2 aliphatic rings. The number of carbonyl (C=O) groups excluding carboxylic acids is 4. The number of ether oxygens (including phenoxy) is 2. The molecule has 4 amide bonds. The first kappa shape index (κ1) is 39.9. The Morgan fingerprint density at radius 3 is 2.10 bits per heavy atom. The number of carbonyl (C=O) groups is 4. The smallest absolute Gasteiger partial charge is 0.416 e. The van der Waals surface area contributed by atoms with Gasteiger partial charge in [0.25, 0.3) is 5.91 Å². The van der Waals surface area contributed by atoms with Gasteiger partial charge < -0.3 is 25.0 Å². The summed E-state index contributed by atoms with van der Waals surface area (Å²) < 4.78 is 91.3. The first-order valence-electron chi connectivity index (χ1n) is 16.3. The van der Waals surface area contributed by atoms with Crippen LogP contribution in [0.4, 0.5) is 31.1 Å². The van der Waals surface area contributed by atoms with E-state index in [1.807, 2.05) is 18.2 Å². The lowest BCUT2D eigenvalue weighted by Crippen LogP contribution is -2.62. The molecule has 0 radical (unpaired) electrons. The summed E-state index contributed by atoms with van der Waals surface area (Å²) in [7, 11) is 1.50. The Labute approximate surface area is 296 Å². The highest BCUT2D eigenvalue weighted by atomic mass is 19.4. The van der Waals surface area contributed by atoms with Crippen LogP contribution in [-0.4, -0.2) is 83.4 Å². The number of alkyl carbamates (subject to hydrolysis) is 1. The van der Waals surface area contributed by atoms with Crippen LogP contribution < -0.4 is 15.4 Å². The number of likely N-dealkylation sites (tertiary alicyclic amines) is 1. The fourth-order valence-corrected chi connectivity index (χ4v) is 5.95. The second-order valence-electron chi connectivity index (χ2n) is 14.3. The summed E-state index contributed by atoms with van der Waals surface area (Å²) in [6.07, 6.45) is -11.2. The molecule has 0 saturated carbocycles. The van der Waals surface area contributed by atoms with E-state index in [2.05, 4.69) is 15.7 Å². The highest BCUT2D eigenvalue weighted by molar-refractivity contribution is 6.13. The third-order valence-electron chi connectivity index (χ3n) is 8.49. The minimum Gasteiger partial charge on any atom is -0.493 e. The first-order chi connectivity index (χ1) is 23.9. The number of hydrazone groups is 1. The number of alkyl halides is 6. The Kier molecular flexibility index (Phi) is 11.3. The van der Waals surface area contributed by atoms with Crippen LogP contribution in [-0.2, 0) is 37.9 Å². The van der Waals surface area contributed by atoms with Crippen molar-refractivity contribution >= 4 is 29.5 Å². The number of piperidine rings is 1. The van der Waals surface area contributed by atoms with Crippen LogP contribution in [0.2, 0.25) is 0 Å². The van der Waals surface area contributed by atoms with Crippen LogP contribution in [0.25, 0.3) is 0 Å². The number of nitrogens with zero attached hydrogens (tertiary/aromatic N) is 3. The van der Waals surface area contributed by atoms with Gasteiger partial charge in [-0.1, -0.05) is 30.3 Å². The molecule has 1 unspecified atom stereocenters. The number of hydrogen-bond donors (Lipinski definition) is 2. The van der Waals surface area contributed by atoms with Crippen LogP contribution in [0.5, 0.6) is 5.75 Å². The number of benzene rings is 2. The Bertz CT molecular complexity index is 1670. The summed E-state index contributed by atoms with van der Waals surface area (Å²) in [5, 5.41) is 10.6. The van der Waals surface area contributed by atoms with E-state index in [9.17, 15) is 45.5 Å². The van der Waals surface area contributed by atoms with Crippen molar-refractivity contribution in [2.24, 2.45) is 10.5 Å². The Hall–Kier alpha value is -4.83. The van der Waals surface area contributed by atoms with E-state index in [0.29, 0.717) is 17.8 Å². The normalized spacial score (nSPS) is 18.7. The van der Waals surface area contributed by atoms with E-state index in [-0.39, 0.29) is 37.9 Å². The number of halogens is 6. The number of fused-ring (bicyclic) bond motifs is 1. The molecule has 284 valence electrons. The Morgan fingerprint density at radius 1 is 0.942 bits per heavy atom. The zero-order chi connectivity index (χ0) is 38.9. The number of amides is 4. The van der Waals surface area contributed by atoms with E-state index in [0.717, 1.165) is 5.56 Å². The molecule has 1 fully saturated rings. The molecular weight excluding hydrogens is 700 g/mol. The average Bonchev–Trinajstić information content (AvgIpc) is 3.26. The summed E-state index contributed by atoms with van der Waals surface area (Å²) in [5.74, 6) is -2.66. The minimum atomic E-state index is -5.11. The highest BCUT2D eigenvalue weighted by Crippen LogP contribution is 2.40. The zero-order valence-electron chi connectivity index (χ0n) is 29.5. The molecule has 0 aliphatic carbocycles. The lowest BCUT2D eigenvalue weighted by molar-refractivity contribution is -0.144. The number of nitrogens with one attached hydrogen (secondary N) is 2. The van der Waals surface area contributed by atoms with Gasteiger partial charge in [0.2, 0.25) is 11.8 Å². The standard InChI is InChI=1S/C35H41F6N5O6/c1-31(2,3)52-30(50)43-32(4,5)28(48)42-25(13-15-51-24-17-22(34(36,37)38)16-23(18-24)35(39,40)41)27(47)46-14-12-26-33(20-46,29(49)45(6)44-26)19-21-10-8-7-9-11-21/h7-11,16-18,25H,12-15,19-20H2,1-6H3,(H,42,48)(H,43,50)/t25?,33-/m1/s1. The minimum absolute atomic E-state index is 0.0416. The Morgan fingerprint density at radius 2 is 1.54 bits per heavy atom. The van der Waals surface area contributed by atoms with Crippen molar-refractivity contribution in [1.29, 1.82) is 0 Å². The molecule has 17 heteroatoms. The van der Waals surface area contributed by atoms with Crippen molar-refractivity contribution in [3.8, 4) is 5.75 Å². The molecule has 11 nitrogen and oxygen atoms in total. The topological polar surface area (TPSA) is 130 Å². The third kappa shape index (κ3) is 9.53. The molecule has 2 heterocycles. The maximum absolute atomic E-state index is 14.2. The number of hydrogen-bond acceptors (Lipinski definition) is 7. The van der Waals surface area contributed by atoms with Gasteiger partial charge >= 0.3 is 18.4 Å². The maximum Gasteiger partial charge on any atom is 0.416 e. The molecule has 52 heavy (non-hydrogen) atoms. The number of rotatable bonds is 10. The van der Waals surface area contributed by atoms with Crippen LogP contribution in [0.3, 0.4) is 0 Å². The van der Waals surface area contributed by atoms with E-state index >= 15 is 0 Å². The van der Waals surface area contributed by atoms with Gasteiger partial charge in [-0.3, -0.25) is 14.4 Å². The van der Waals surface area contributed by atoms with Crippen LogP contribution in [0, 0.1) is 5.41 Å². The quantitative estimate of drug-likeness (QED) is 0.307. The van der Waals surface area contributed by atoms with E-state index in [4.69, 9.17) is 9.47 Å². The van der Waals surface area contributed by atoms with E-state index in [1.165, 1.54) is 30.8 Å². The summed E-state index contributed by atoms with van der Waals surface area (Å²) >= 11 is 0. The predicted octanol–water partition coefficient (Wildman–Crippen LogP) is 5.57. The van der Waals surface area contributed by atoms with Gasteiger partial charge in [-0.05, 0) is 64.8 Å². The fraction of sp³-hybridized carbons (Fsp3) is 0.514. The van der Waals surface area contributed by atoms with Crippen molar-refractivity contribution < 1.29 is 55.0 Å². The Balaban J connectivity index is 1.61. The molecule has 2 aliphatic heterocycles. The maximum atomic E-state index is 14.2. The van der Waals surface area contributed by atoms with Crippen LogP contribution in [0.15, 0.2) is 53.6 Å². The second kappa shape index (κ2) is 14.7. The average molecular weight is 742 g/mol. The molecule has 0 spiro atoms. The molecule has 0 bridgehead atoms. The van der Waals surface area contributed by atoms with Gasteiger partial charge in [-0.2, -0.15) is 31.4 Å². The first-order valence-corrected chi connectivity index (χ1v) is 16.3. The highest BCUT2D eigenvalue weighted by Gasteiger charge is 2.54. The van der Waals surface area contributed by atoms with Gasteiger partial charge in [-0.15, -0.1) is 0 Å². The van der Waals surface area contributed by atoms with Crippen molar-refractivity contribution in [1.82, 2.24) is 20.5 Å². The van der Waals surface area contributed by atoms with Gasteiger partial charge in [0.1, 0.15) is 28.3 Å². The van der Waals surface area contributed by atoms with E-state index < -0.39 is 82.8 Å². The van der Waals surface area contributed by atoms with E-state index in [1.54, 1.807) is 32.9 Å². The fourth-order valence-electron chi connectivity index (χ4n) is 5.95. The molecule has 2 aromatic rings.